The van der Waals surface area contributed by atoms with Crippen molar-refractivity contribution < 1.29 is 18.3 Å². The molecule has 0 bridgehead atoms. The van der Waals surface area contributed by atoms with E-state index in [1.165, 1.54) is 11.3 Å². The van der Waals surface area contributed by atoms with E-state index in [9.17, 15) is 13.5 Å². The molecular weight excluding hydrogens is 274 g/mol. The van der Waals surface area contributed by atoms with Crippen LogP contribution in [0.5, 0.6) is 0 Å². The zero-order valence-electron chi connectivity index (χ0n) is 10.2. The molecule has 0 aliphatic carbocycles. The van der Waals surface area contributed by atoms with Crippen molar-refractivity contribution in [3.8, 4) is 0 Å². The largest absolute Gasteiger partial charge is 0.388 e. The minimum Gasteiger partial charge on any atom is -0.388 e. The molecule has 2 N–H and O–H groups in total. The summed E-state index contributed by atoms with van der Waals surface area (Å²) in [6, 6.07) is 3.35. The summed E-state index contributed by atoms with van der Waals surface area (Å²) < 4.78 is 31.9. The summed E-state index contributed by atoms with van der Waals surface area (Å²) in [7, 11) is -3.51. The van der Waals surface area contributed by atoms with Crippen LogP contribution in [0, 0.1) is 6.92 Å². The number of nitrogens with one attached hydrogen (secondary N) is 1. The van der Waals surface area contributed by atoms with Gasteiger partial charge in [-0.1, -0.05) is 0 Å². The van der Waals surface area contributed by atoms with E-state index in [-0.39, 0.29) is 10.8 Å². The van der Waals surface area contributed by atoms with E-state index in [1.807, 2.05) is 6.92 Å². The lowest BCUT2D eigenvalue weighted by atomic mass is 9.95. The number of aliphatic hydroxyl groups is 1. The second-order valence-corrected chi connectivity index (χ2v) is 7.81. The van der Waals surface area contributed by atoms with E-state index < -0.39 is 15.6 Å². The summed E-state index contributed by atoms with van der Waals surface area (Å²) in [5.41, 5.74) is -0.988. The van der Waals surface area contributed by atoms with Gasteiger partial charge in [-0.15, -0.1) is 11.3 Å². The highest BCUT2D eigenvalue weighted by atomic mass is 32.2. The molecule has 1 saturated heterocycles. The van der Waals surface area contributed by atoms with E-state index in [2.05, 4.69) is 4.72 Å². The van der Waals surface area contributed by atoms with Gasteiger partial charge in [0.05, 0.1) is 5.60 Å². The van der Waals surface area contributed by atoms with Crippen molar-refractivity contribution >= 4 is 21.4 Å². The van der Waals surface area contributed by atoms with Crippen molar-refractivity contribution in [3.63, 3.8) is 0 Å². The molecule has 1 aromatic rings. The van der Waals surface area contributed by atoms with Crippen LogP contribution in [-0.4, -0.2) is 38.9 Å². The smallest absolute Gasteiger partial charge is 0.250 e. The number of hydrogen-bond acceptors (Lipinski definition) is 5. The molecule has 1 aromatic heterocycles. The number of ether oxygens (including phenoxy) is 1. The summed E-state index contributed by atoms with van der Waals surface area (Å²) in [4.78, 5) is 0.945. The second-order valence-electron chi connectivity index (χ2n) is 4.53. The fourth-order valence-corrected chi connectivity index (χ4v) is 4.23. The Labute approximate surface area is 111 Å². The molecule has 1 aliphatic heterocycles. The maximum absolute atomic E-state index is 12.0. The zero-order valence-corrected chi connectivity index (χ0v) is 11.8. The molecule has 2 rings (SSSR count). The standard InChI is InChI=1S/C11H17NO4S2/c1-9-2-3-10(17-9)18(14,15)12-8-11(13)4-6-16-7-5-11/h2-3,12-13H,4-8H2,1H3. The third-order valence-corrected chi connectivity index (χ3v) is 5.89. The molecule has 0 radical (unpaired) electrons. The molecule has 7 heteroatoms. The van der Waals surface area contributed by atoms with Crippen molar-refractivity contribution in [2.75, 3.05) is 19.8 Å². The van der Waals surface area contributed by atoms with Gasteiger partial charge in [-0.25, -0.2) is 13.1 Å². The van der Waals surface area contributed by atoms with Crippen molar-refractivity contribution in [3.05, 3.63) is 17.0 Å². The van der Waals surface area contributed by atoms with Gasteiger partial charge in [0.2, 0.25) is 10.0 Å². The van der Waals surface area contributed by atoms with E-state index in [0.29, 0.717) is 26.1 Å². The second kappa shape index (κ2) is 5.26. The highest BCUT2D eigenvalue weighted by Crippen LogP contribution is 2.23. The molecular formula is C11H17NO4S2. The van der Waals surface area contributed by atoms with E-state index in [1.54, 1.807) is 12.1 Å². The van der Waals surface area contributed by atoms with Gasteiger partial charge in [-0.3, -0.25) is 0 Å². The van der Waals surface area contributed by atoms with Gasteiger partial charge in [-0.05, 0) is 19.1 Å². The van der Waals surface area contributed by atoms with Crippen LogP contribution in [0.25, 0.3) is 0 Å². The predicted octanol–water partition coefficient (Wildman–Crippen LogP) is 0.876. The van der Waals surface area contributed by atoms with Crippen LogP contribution in [0.4, 0.5) is 0 Å². The molecule has 0 aromatic carbocycles. The van der Waals surface area contributed by atoms with Crippen LogP contribution >= 0.6 is 11.3 Å². The Morgan fingerprint density at radius 1 is 1.44 bits per heavy atom. The fraction of sp³-hybridized carbons (Fsp3) is 0.636. The van der Waals surface area contributed by atoms with Gasteiger partial charge >= 0.3 is 0 Å². The summed E-state index contributed by atoms with van der Waals surface area (Å²) >= 11 is 1.22. The quantitative estimate of drug-likeness (QED) is 0.863. The van der Waals surface area contributed by atoms with Crippen molar-refractivity contribution in [1.82, 2.24) is 4.72 Å². The zero-order chi connectivity index (χ0) is 13.2. The lowest BCUT2D eigenvalue weighted by Gasteiger charge is -2.31. The van der Waals surface area contributed by atoms with Gasteiger partial charge in [-0.2, -0.15) is 0 Å². The number of sulfonamides is 1. The molecule has 0 amide bonds. The minimum atomic E-state index is -3.51. The normalized spacial score (nSPS) is 19.9. The molecule has 5 nitrogen and oxygen atoms in total. The van der Waals surface area contributed by atoms with Crippen molar-refractivity contribution in [1.29, 1.82) is 0 Å². The van der Waals surface area contributed by atoms with Crippen molar-refractivity contribution in [2.45, 2.75) is 29.6 Å². The first-order valence-corrected chi connectivity index (χ1v) is 8.08. The average molecular weight is 291 g/mol. The van der Waals surface area contributed by atoms with Gasteiger partial charge in [0.1, 0.15) is 4.21 Å². The van der Waals surface area contributed by atoms with Crippen LogP contribution in [0.2, 0.25) is 0 Å². The highest BCUT2D eigenvalue weighted by Gasteiger charge is 2.31. The number of rotatable bonds is 4. The summed E-state index contributed by atoms with van der Waals surface area (Å²) in [5.74, 6) is 0. The fourth-order valence-electron chi connectivity index (χ4n) is 1.79. The van der Waals surface area contributed by atoms with Gasteiger partial charge in [0.25, 0.3) is 0 Å². The van der Waals surface area contributed by atoms with Gasteiger partial charge in [0.15, 0.2) is 0 Å². The van der Waals surface area contributed by atoms with Crippen LogP contribution in [0.3, 0.4) is 0 Å². The first-order chi connectivity index (χ1) is 8.41. The molecule has 102 valence electrons. The molecule has 2 heterocycles. The van der Waals surface area contributed by atoms with Crippen molar-refractivity contribution in [2.24, 2.45) is 0 Å². The third kappa shape index (κ3) is 3.30. The minimum absolute atomic E-state index is 0.0373. The Balaban J connectivity index is 2.01. The highest BCUT2D eigenvalue weighted by molar-refractivity contribution is 7.91. The lowest BCUT2D eigenvalue weighted by molar-refractivity contribution is -0.0588. The summed E-state index contributed by atoms with van der Waals surface area (Å²) in [5, 5.41) is 10.2. The van der Waals surface area contributed by atoms with Crippen LogP contribution in [0.1, 0.15) is 17.7 Å². The molecule has 0 unspecified atom stereocenters. The topological polar surface area (TPSA) is 75.6 Å². The lowest BCUT2D eigenvalue weighted by Crippen LogP contribution is -2.46. The molecule has 1 aliphatic rings. The monoisotopic (exact) mass is 291 g/mol. The third-order valence-electron chi connectivity index (χ3n) is 3.00. The molecule has 1 fully saturated rings. The molecule has 18 heavy (non-hydrogen) atoms. The summed E-state index contributed by atoms with van der Waals surface area (Å²) in [6.07, 6.45) is 0.915. The summed E-state index contributed by atoms with van der Waals surface area (Å²) in [6.45, 7) is 2.83. The Bertz CT molecular complexity index is 503. The maximum atomic E-state index is 12.0. The molecule has 0 spiro atoms. The van der Waals surface area contributed by atoms with E-state index in [4.69, 9.17) is 4.74 Å². The van der Waals surface area contributed by atoms with Gasteiger partial charge in [0, 0.05) is 37.5 Å². The number of aryl methyl sites for hydroxylation is 1. The molecule has 0 atom stereocenters. The van der Waals surface area contributed by atoms with Gasteiger partial charge < -0.3 is 9.84 Å². The average Bonchev–Trinajstić information content (AvgIpc) is 2.76. The van der Waals surface area contributed by atoms with E-state index >= 15 is 0 Å². The Kier molecular flexibility index (Phi) is 4.08. The Hall–Kier alpha value is -0.470. The first kappa shape index (κ1) is 14.0. The predicted molar refractivity (Wildman–Crippen MR) is 69.2 cm³/mol. The molecule has 0 saturated carbocycles. The number of thiophene rings is 1. The Morgan fingerprint density at radius 2 is 2.11 bits per heavy atom. The maximum Gasteiger partial charge on any atom is 0.250 e. The van der Waals surface area contributed by atoms with Crippen LogP contribution in [-0.2, 0) is 14.8 Å². The van der Waals surface area contributed by atoms with Crippen LogP contribution in [0.15, 0.2) is 16.3 Å². The Morgan fingerprint density at radius 3 is 2.67 bits per heavy atom. The SMILES string of the molecule is Cc1ccc(S(=O)(=O)NCC2(O)CCOCC2)s1. The first-order valence-electron chi connectivity index (χ1n) is 5.78. The van der Waals surface area contributed by atoms with Crippen LogP contribution < -0.4 is 4.72 Å². The number of hydrogen-bond donors (Lipinski definition) is 2. The van der Waals surface area contributed by atoms with E-state index in [0.717, 1.165) is 4.88 Å².